The summed E-state index contributed by atoms with van der Waals surface area (Å²) in [4.78, 5) is 25.5. The van der Waals surface area contributed by atoms with Crippen molar-refractivity contribution >= 4 is 52.2 Å². The first kappa shape index (κ1) is 21.3. The average Bonchev–Trinajstić information content (AvgIpc) is 3.16. The lowest BCUT2D eigenvalue weighted by molar-refractivity contribution is 0.0918. The summed E-state index contributed by atoms with van der Waals surface area (Å²) in [5, 5.41) is 14.0. The summed E-state index contributed by atoms with van der Waals surface area (Å²) in [6.45, 7) is 5.74. The fourth-order valence-corrected chi connectivity index (χ4v) is 4.09. The maximum Gasteiger partial charge on any atom is 0.255 e. The van der Waals surface area contributed by atoms with Crippen molar-refractivity contribution in [3.8, 4) is 0 Å². The van der Waals surface area contributed by atoms with Gasteiger partial charge in [-0.1, -0.05) is 34.7 Å². The van der Waals surface area contributed by atoms with Gasteiger partial charge in [0.1, 0.15) is 5.51 Å². The zero-order chi connectivity index (χ0) is 21.0. The van der Waals surface area contributed by atoms with Crippen molar-refractivity contribution in [2.24, 2.45) is 0 Å². The van der Waals surface area contributed by atoms with Gasteiger partial charge in [-0.25, -0.2) is 0 Å². The highest BCUT2D eigenvalue weighted by Crippen LogP contribution is 2.35. The maximum absolute atomic E-state index is 12.5. The topological polar surface area (TPSA) is 84.0 Å². The Hall–Kier alpha value is -2.42. The van der Waals surface area contributed by atoms with Crippen molar-refractivity contribution in [1.29, 1.82) is 0 Å². The minimum atomic E-state index is -0.326. The Morgan fingerprint density at radius 3 is 2.24 bits per heavy atom. The molecule has 0 saturated heterocycles. The van der Waals surface area contributed by atoms with Gasteiger partial charge in [0.05, 0.1) is 5.02 Å². The molecule has 6 nitrogen and oxygen atoms in total. The Morgan fingerprint density at radius 1 is 1.03 bits per heavy atom. The number of nitrogens with zero attached hydrogens (tertiary/aromatic N) is 2. The molecule has 1 heterocycles. The number of anilines is 1. The normalized spacial score (nSPS) is 11.2. The van der Waals surface area contributed by atoms with Gasteiger partial charge >= 0.3 is 0 Å². The fraction of sp³-hybridized carbons (Fsp3) is 0.200. The number of carbonyl (C=O) groups excluding carboxylic acids is 2. The summed E-state index contributed by atoms with van der Waals surface area (Å²) in [6, 6.07) is 11.8. The number of hydrogen-bond acceptors (Lipinski definition) is 6. The lowest BCUT2D eigenvalue weighted by Crippen LogP contribution is -2.40. The van der Waals surface area contributed by atoms with E-state index >= 15 is 0 Å². The van der Waals surface area contributed by atoms with Crippen molar-refractivity contribution in [1.82, 2.24) is 15.5 Å². The Morgan fingerprint density at radius 2 is 1.69 bits per heavy atom. The minimum Gasteiger partial charge on any atom is -0.347 e. The number of rotatable bonds is 5. The van der Waals surface area contributed by atoms with Gasteiger partial charge in [-0.05, 0) is 63.2 Å². The molecule has 1 aromatic heterocycles. The Balaban J connectivity index is 1.65. The molecule has 0 aliphatic carbocycles. The second-order valence-corrected chi connectivity index (χ2v) is 9.72. The molecule has 3 aromatic rings. The molecule has 0 atom stereocenters. The first-order valence-electron chi connectivity index (χ1n) is 8.69. The largest absolute Gasteiger partial charge is 0.347 e. The third-order valence-corrected chi connectivity index (χ3v) is 5.90. The summed E-state index contributed by atoms with van der Waals surface area (Å²) in [7, 11) is 0. The molecule has 0 bridgehead atoms. The molecule has 3 rings (SSSR count). The van der Waals surface area contributed by atoms with Crippen molar-refractivity contribution in [3.05, 3.63) is 64.1 Å². The minimum absolute atomic E-state index is 0.181. The van der Waals surface area contributed by atoms with E-state index in [0.717, 1.165) is 9.24 Å². The molecule has 0 unspecified atom stereocenters. The lowest BCUT2D eigenvalue weighted by atomic mass is 10.1. The van der Waals surface area contributed by atoms with Gasteiger partial charge in [-0.2, -0.15) is 0 Å². The predicted octanol–water partition coefficient (Wildman–Crippen LogP) is 5.12. The van der Waals surface area contributed by atoms with Crippen LogP contribution in [-0.4, -0.2) is 27.6 Å². The molecule has 0 aliphatic heterocycles. The Kier molecular flexibility index (Phi) is 6.56. The first-order chi connectivity index (χ1) is 13.7. The van der Waals surface area contributed by atoms with Crippen molar-refractivity contribution in [3.63, 3.8) is 0 Å². The van der Waals surface area contributed by atoms with Crippen LogP contribution in [0.3, 0.4) is 0 Å². The quantitative estimate of drug-likeness (QED) is 0.568. The van der Waals surface area contributed by atoms with Gasteiger partial charge in [-0.3, -0.25) is 9.59 Å². The van der Waals surface area contributed by atoms with E-state index in [1.54, 1.807) is 41.9 Å². The molecule has 2 amide bonds. The van der Waals surface area contributed by atoms with E-state index in [1.165, 1.54) is 23.1 Å². The van der Waals surface area contributed by atoms with Gasteiger partial charge in [0, 0.05) is 27.2 Å². The number of amides is 2. The molecule has 2 aromatic carbocycles. The molecule has 0 radical (unpaired) electrons. The van der Waals surface area contributed by atoms with Crippen LogP contribution in [0.15, 0.2) is 57.2 Å². The Labute approximate surface area is 182 Å². The molecule has 0 saturated carbocycles. The van der Waals surface area contributed by atoms with Crippen LogP contribution in [0.25, 0.3) is 0 Å². The Bertz CT molecular complexity index is 1020. The second kappa shape index (κ2) is 8.94. The van der Waals surface area contributed by atoms with E-state index in [-0.39, 0.29) is 17.4 Å². The van der Waals surface area contributed by atoms with Crippen LogP contribution >= 0.6 is 34.7 Å². The van der Waals surface area contributed by atoms with E-state index in [2.05, 4.69) is 20.8 Å². The van der Waals surface area contributed by atoms with E-state index < -0.39 is 0 Å². The molecule has 0 fully saturated rings. The monoisotopic (exact) mass is 446 g/mol. The smallest absolute Gasteiger partial charge is 0.255 e. The van der Waals surface area contributed by atoms with E-state index in [4.69, 9.17) is 11.6 Å². The SMILES string of the molecule is CC(C)(C)NC(=O)c1ccc(C(=O)Nc2ccc(Sc3nncs3)c(Cl)c2)cc1. The molecule has 9 heteroatoms. The lowest BCUT2D eigenvalue weighted by Gasteiger charge is -2.20. The van der Waals surface area contributed by atoms with Gasteiger partial charge < -0.3 is 10.6 Å². The molecular weight excluding hydrogens is 428 g/mol. The molecule has 29 heavy (non-hydrogen) atoms. The third kappa shape index (κ3) is 6.03. The van der Waals surface area contributed by atoms with Crippen molar-refractivity contribution in [2.45, 2.75) is 35.5 Å². The number of nitrogens with one attached hydrogen (secondary N) is 2. The van der Waals surface area contributed by atoms with Crippen molar-refractivity contribution < 1.29 is 9.59 Å². The third-order valence-electron chi connectivity index (χ3n) is 3.62. The molecular formula is C20H19ClN4O2S2. The maximum atomic E-state index is 12.5. The summed E-state index contributed by atoms with van der Waals surface area (Å²) >= 11 is 9.17. The van der Waals surface area contributed by atoms with Crippen molar-refractivity contribution in [2.75, 3.05) is 5.32 Å². The predicted molar refractivity (Wildman–Crippen MR) is 117 cm³/mol. The summed E-state index contributed by atoms with van der Waals surface area (Å²) < 4.78 is 0.791. The van der Waals surface area contributed by atoms with Gasteiger partial charge in [0.2, 0.25) is 0 Å². The number of benzene rings is 2. The standard InChI is InChI=1S/C20H19ClN4O2S2/c1-20(2,3)24-18(27)13-6-4-12(5-7-13)17(26)23-14-8-9-16(15(21)10-14)29-19-25-22-11-28-19/h4-11H,1-3H3,(H,23,26)(H,24,27). The van der Waals surface area contributed by atoms with Crippen LogP contribution in [0.4, 0.5) is 5.69 Å². The van der Waals surface area contributed by atoms with Gasteiger partial charge in [0.25, 0.3) is 11.8 Å². The zero-order valence-corrected chi connectivity index (χ0v) is 18.4. The van der Waals surface area contributed by atoms with Gasteiger partial charge in [-0.15, -0.1) is 10.2 Å². The van der Waals surface area contributed by atoms with E-state index in [9.17, 15) is 9.59 Å². The average molecular weight is 447 g/mol. The van der Waals surface area contributed by atoms with E-state index in [1.807, 2.05) is 26.8 Å². The summed E-state index contributed by atoms with van der Waals surface area (Å²) in [6.07, 6.45) is 0. The molecule has 2 N–H and O–H groups in total. The fourth-order valence-electron chi connectivity index (χ4n) is 2.35. The van der Waals surface area contributed by atoms with E-state index in [0.29, 0.717) is 21.8 Å². The molecule has 0 aliphatic rings. The zero-order valence-electron chi connectivity index (χ0n) is 16.0. The van der Waals surface area contributed by atoms with Crippen LogP contribution in [0.2, 0.25) is 5.02 Å². The number of aromatic nitrogens is 2. The van der Waals surface area contributed by atoms with Crippen LogP contribution in [0, 0.1) is 0 Å². The number of hydrogen-bond donors (Lipinski definition) is 2. The summed E-state index contributed by atoms with van der Waals surface area (Å²) in [5.74, 6) is -0.465. The molecule has 150 valence electrons. The highest BCUT2D eigenvalue weighted by atomic mass is 35.5. The van der Waals surface area contributed by atoms with Crippen LogP contribution in [-0.2, 0) is 0 Å². The van der Waals surface area contributed by atoms with Crippen LogP contribution in [0.5, 0.6) is 0 Å². The van der Waals surface area contributed by atoms with Crippen LogP contribution in [0.1, 0.15) is 41.5 Å². The number of halogens is 1. The number of carbonyl (C=O) groups is 2. The highest BCUT2D eigenvalue weighted by molar-refractivity contribution is 8.01. The first-order valence-corrected chi connectivity index (χ1v) is 10.8. The second-order valence-electron chi connectivity index (χ2n) is 7.19. The van der Waals surface area contributed by atoms with Crippen LogP contribution < -0.4 is 10.6 Å². The highest BCUT2D eigenvalue weighted by Gasteiger charge is 2.16. The summed E-state index contributed by atoms with van der Waals surface area (Å²) in [5.41, 5.74) is 2.85. The molecule has 0 spiro atoms. The van der Waals surface area contributed by atoms with Gasteiger partial charge in [0.15, 0.2) is 4.34 Å².